The second-order valence-electron chi connectivity index (χ2n) is 16.9. The van der Waals surface area contributed by atoms with Gasteiger partial charge in [0.25, 0.3) is 0 Å². The molecule has 0 heterocycles. The fourth-order valence-corrected chi connectivity index (χ4v) is 9.26. The van der Waals surface area contributed by atoms with Gasteiger partial charge in [-0.3, -0.25) is 0 Å². The average molecular weight is 854 g/mol. The number of hydrogen-bond acceptors (Lipinski definition) is 1. The van der Waals surface area contributed by atoms with Crippen LogP contribution in [0.25, 0.3) is 89.0 Å². The van der Waals surface area contributed by atoms with Crippen LogP contribution in [0.2, 0.25) is 0 Å². The lowest BCUT2D eigenvalue weighted by Crippen LogP contribution is -2.09. The van der Waals surface area contributed by atoms with E-state index in [-0.39, 0.29) is 0 Å². The standard InChI is InChI=1S/C66H47N/c1-6-17-48(18-7-1)56-27-16-28-57(45-56)51-29-37-60(38-30-51)67(61-39-31-54(32-40-61)65-46-58(49-19-8-2-9-20-49)35-43-63(65)52-23-12-4-13-24-52)62-41-33-55(34-42-62)66-47-59(50-21-10-3-11-22-50)36-44-64(66)53-25-14-5-15-26-53/h1-47H. The molecule has 1 nitrogen and oxygen atoms in total. The van der Waals surface area contributed by atoms with Crippen LogP contribution in [0.15, 0.2) is 285 Å². The third-order valence-electron chi connectivity index (χ3n) is 12.7. The number of anilines is 3. The molecule has 0 aliphatic rings. The van der Waals surface area contributed by atoms with Gasteiger partial charge < -0.3 is 4.90 Å². The number of nitrogens with zero attached hydrogens (tertiary/aromatic N) is 1. The zero-order chi connectivity index (χ0) is 44.8. The lowest BCUT2D eigenvalue weighted by molar-refractivity contribution is 1.28. The Kier molecular flexibility index (Phi) is 11.5. The molecule has 1 heteroatoms. The Labute approximate surface area is 394 Å². The Bertz CT molecular complexity index is 3210. The van der Waals surface area contributed by atoms with Gasteiger partial charge in [-0.15, -0.1) is 0 Å². The molecule has 0 aromatic heterocycles. The molecule has 0 atom stereocenters. The summed E-state index contributed by atoms with van der Waals surface area (Å²) in [4.78, 5) is 2.37. The maximum Gasteiger partial charge on any atom is 0.0462 e. The van der Waals surface area contributed by atoms with Crippen molar-refractivity contribution < 1.29 is 0 Å². The van der Waals surface area contributed by atoms with Crippen LogP contribution < -0.4 is 4.90 Å². The number of rotatable bonds is 11. The molecule has 0 spiro atoms. The van der Waals surface area contributed by atoms with Crippen LogP contribution in [-0.4, -0.2) is 0 Å². The summed E-state index contributed by atoms with van der Waals surface area (Å²) < 4.78 is 0. The van der Waals surface area contributed by atoms with E-state index in [9.17, 15) is 0 Å². The third-order valence-corrected chi connectivity index (χ3v) is 12.7. The molecular weight excluding hydrogens is 807 g/mol. The van der Waals surface area contributed by atoms with E-state index in [0.717, 1.165) is 28.2 Å². The van der Waals surface area contributed by atoms with E-state index in [1.807, 2.05) is 0 Å². The Morgan fingerprint density at radius 1 is 0.149 bits per heavy atom. The molecule has 0 fully saturated rings. The highest BCUT2D eigenvalue weighted by Gasteiger charge is 2.17. The summed E-state index contributed by atoms with van der Waals surface area (Å²) >= 11 is 0. The zero-order valence-corrected chi connectivity index (χ0v) is 37.1. The lowest BCUT2D eigenvalue weighted by atomic mass is 9.90. The van der Waals surface area contributed by atoms with Crippen LogP contribution in [0.1, 0.15) is 0 Å². The zero-order valence-electron chi connectivity index (χ0n) is 37.1. The van der Waals surface area contributed by atoms with Gasteiger partial charge in [0.15, 0.2) is 0 Å². The van der Waals surface area contributed by atoms with Crippen molar-refractivity contribution in [1.82, 2.24) is 0 Å². The topological polar surface area (TPSA) is 3.24 Å². The first-order valence-corrected chi connectivity index (χ1v) is 23.0. The molecule has 0 aliphatic carbocycles. The van der Waals surface area contributed by atoms with Gasteiger partial charge in [0.1, 0.15) is 0 Å². The molecule has 11 rings (SSSR count). The predicted octanol–water partition coefficient (Wildman–Crippen LogP) is 18.5. The molecule has 0 saturated heterocycles. The largest absolute Gasteiger partial charge is 0.311 e. The van der Waals surface area contributed by atoms with Gasteiger partial charge >= 0.3 is 0 Å². The minimum atomic E-state index is 1.08. The normalized spacial score (nSPS) is 11.0. The van der Waals surface area contributed by atoms with Gasteiger partial charge in [0, 0.05) is 17.1 Å². The quantitative estimate of drug-likeness (QED) is 0.125. The molecule has 11 aromatic carbocycles. The van der Waals surface area contributed by atoms with E-state index in [1.165, 1.54) is 77.9 Å². The summed E-state index contributed by atoms with van der Waals surface area (Å²) in [6, 6.07) is 103. The Hall–Kier alpha value is -8.78. The SMILES string of the molecule is c1ccc(-c2cccc(-c3ccc(N(c4ccc(-c5cc(-c6ccccc6)ccc5-c5ccccc5)cc4)c4ccc(-c5cc(-c6ccccc6)ccc5-c5ccccc5)cc4)cc3)c2)cc1. The second kappa shape index (κ2) is 18.7. The van der Waals surface area contributed by atoms with Gasteiger partial charge in [0.2, 0.25) is 0 Å². The van der Waals surface area contributed by atoms with E-state index in [1.54, 1.807) is 0 Å². The predicted molar refractivity (Wildman–Crippen MR) is 285 cm³/mol. The summed E-state index contributed by atoms with van der Waals surface area (Å²) in [5.41, 5.74) is 22.3. The summed E-state index contributed by atoms with van der Waals surface area (Å²) in [6.45, 7) is 0. The maximum atomic E-state index is 2.37. The van der Waals surface area contributed by atoms with E-state index in [0.29, 0.717) is 0 Å². The van der Waals surface area contributed by atoms with Crippen LogP contribution in [0, 0.1) is 0 Å². The van der Waals surface area contributed by atoms with Crippen molar-refractivity contribution in [2.24, 2.45) is 0 Å². The summed E-state index contributed by atoms with van der Waals surface area (Å²) in [6.07, 6.45) is 0. The van der Waals surface area contributed by atoms with Gasteiger partial charge in [-0.25, -0.2) is 0 Å². The molecule has 0 amide bonds. The van der Waals surface area contributed by atoms with Crippen LogP contribution in [0.4, 0.5) is 17.1 Å². The third kappa shape index (κ3) is 8.75. The molecule has 316 valence electrons. The van der Waals surface area contributed by atoms with Crippen molar-refractivity contribution in [3.05, 3.63) is 285 Å². The van der Waals surface area contributed by atoms with E-state index >= 15 is 0 Å². The van der Waals surface area contributed by atoms with Gasteiger partial charge in [-0.05, 0) is 144 Å². The molecule has 0 unspecified atom stereocenters. The van der Waals surface area contributed by atoms with Gasteiger partial charge in [0.05, 0.1) is 0 Å². The van der Waals surface area contributed by atoms with Crippen LogP contribution in [0.3, 0.4) is 0 Å². The Morgan fingerprint density at radius 3 is 0.731 bits per heavy atom. The molecule has 0 bridgehead atoms. The number of benzene rings is 11. The second-order valence-corrected chi connectivity index (χ2v) is 16.9. The smallest absolute Gasteiger partial charge is 0.0462 e. The van der Waals surface area contributed by atoms with Gasteiger partial charge in [-0.2, -0.15) is 0 Å². The molecular formula is C66H47N. The summed E-state index contributed by atoms with van der Waals surface area (Å²) in [7, 11) is 0. The minimum Gasteiger partial charge on any atom is -0.311 e. The fraction of sp³-hybridized carbons (Fsp3) is 0. The Balaban J connectivity index is 1.00. The highest BCUT2D eigenvalue weighted by molar-refractivity contribution is 5.91. The van der Waals surface area contributed by atoms with E-state index < -0.39 is 0 Å². The van der Waals surface area contributed by atoms with E-state index in [2.05, 4.69) is 290 Å². The van der Waals surface area contributed by atoms with Crippen molar-refractivity contribution in [3.63, 3.8) is 0 Å². The lowest BCUT2D eigenvalue weighted by Gasteiger charge is -2.26. The summed E-state index contributed by atoms with van der Waals surface area (Å²) in [5, 5.41) is 0. The number of hydrogen-bond donors (Lipinski definition) is 0. The molecule has 67 heavy (non-hydrogen) atoms. The van der Waals surface area contributed by atoms with Crippen molar-refractivity contribution in [2.45, 2.75) is 0 Å². The first kappa shape index (κ1) is 41.0. The molecule has 0 saturated carbocycles. The molecule has 0 aliphatic heterocycles. The highest BCUT2D eigenvalue weighted by atomic mass is 15.1. The molecule has 0 N–H and O–H groups in total. The van der Waals surface area contributed by atoms with Gasteiger partial charge in [-0.1, -0.05) is 231 Å². The van der Waals surface area contributed by atoms with Crippen molar-refractivity contribution in [3.8, 4) is 89.0 Å². The monoisotopic (exact) mass is 853 g/mol. The van der Waals surface area contributed by atoms with Crippen LogP contribution in [0.5, 0.6) is 0 Å². The average Bonchev–Trinajstić information content (AvgIpc) is 3.42. The highest BCUT2D eigenvalue weighted by Crippen LogP contribution is 2.42. The first-order valence-electron chi connectivity index (χ1n) is 23.0. The minimum absolute atomic E-state index is 1.08. The maximum absolute atomic E-state index is 2.37. The fourth-order valence-electron chi connectivity index (χ4n) is 9.26. The molecule has 11 aromatic rings. The summed E-state index contributed by atoms with van der Waals surface area (Å²) in [5.74, 6) is 0. The molecule has 0 radical (unpaired) electrons. The van der Waals surface area contributed by atoms with Crippen molar-refractivity contribution in [1.29, 1.82) is 0 Å². The first-order chi connectivity index (χ1) is 33.2. The van der Waals surface area contributed by atoms with Crippen LogP contribution >= 0.6 is 0 Å². The van der Waals surface area contributed by atoms with Crippen LogP contribution in [-0.2, 0) is 0 Å². The van der Waals surface area contributed by atoms with Crippen molar-refractivity contribution in [2.75, 3.05) is 4.90 Å². The van der Waals surface area contributed by atoms with E-state index in [4.69, 9.17) is 0 Å². The Morgan fingerprint density at radius 2 is 0.388 bits per heavy atom. The van der Waals surface area contributed by atoms with Crippen molar-refractivity contribution >= 4 is 17.1 Å².